The van der Waals surface area contributed by atoms with Gasteiger partial charge in [-0.2, -0.15) is 0 Å². The highest BCUT2D eigenvalue weighted by Gasteiger charge is 2.15. The minimum atomic E-state index is -0.534. The Morgan fingerprint density at radius 1 is 1.55 bits per heavy atom. The minimum Gasteiger partial charge on any atom is -0.383 e. The van der Waals surface area contributed by atoms with Crippen LogP contribution >= 0.6 is 11.3 Å². The van der Waals surface area contributed by atoms with Crippen molar-refractivity contribution in [2.75, 3.05) is 11.1 Å². The SMILES string of the molecule is CCc1cnc(C(C)Nc2c(N)n(C)c(=O)[nH]c2=O)s1. The molecule has 0 aliphatic rings. The number of hydrogen-bond donors (Lipinski definition) is 3. The van der Waals surface area contributed by atoms with Crippen molar-refractivity contribution in [3.63, 3.8) is 0 Å². The molecule has 2 heterocycles. The molecular weight excluding hydrogens is 278 g/mol. The van der Waals surface area contributed by atoms with E-state index >= 15 is 0 Å². The number of nitrogens with one attached hydrogen (secondary N) is 2. The van der Waals surface area contributed by atoms with E-state index in [2.05, 4.69) is 22.2 Å². The molecule has 7 nitrogen and oxygen atoms in total. The molecule has 8 heteroatoms. The Labute approximate surface area is 119 Å². The fraction of sp³-hybridized carbons (Fsp3) is 0.417. The van der Waals surface area contributed by atoms with Crippen LogP contribution in [0.1, 0.15) is 29.8 Å². The summed E-state index contributed by atoms with van der Waals surface area (Å²) < 4.78 is 1.19. The van der Waals surface area contributed by atoms with Crippen LogP contribution < -0.4 is 22.3 Å². The van der Waals surface area contributed by atoms with E-state index in [0.29, 0.717) is 0 Å². The number of nitrogens with two attached hydrogens (primary N) is 1. The van der Waals surface area contributed by atoms with Gasteiger partial charge in [0.25, 0.3) is 5.56 Å². The van der Waals surface area contributed by atoms with Crippen LogP contribution in [0, 0.1) is 0 Å². The fourth-order valence-electron chi connectivity index (χ4n) is 1.74. The molecule has 0 aliphatic heterocycles. The van der Waals surface area contributed by atoms with Crippen molar-refractivity contribution < 1.29 is 0 Å². The van der Waals surface area contributed by atoms with E-state index in [1.54, 1.807) is 11.3 Å². The summed E-state index contributed by atoms with van der Waals surface area (Å²) in [6.45, 7) is 3.95. The number of thiazole rings is 1. The Morgan fingerprint density at radius 3 is 2.85 bits per heavy atom. The van der Waals surface area contributed by atoms with Gasteiger partial charge in [0.2, 0.25) is 0 Å². The van der Waals surface area contributed by atoms with Crippen LogP contribution in [0.25, 0.3) is 0 Å². The number of nitrogen functional groups attached to an aromatic ring is 1. The molecular formula is C12H17N5O2S. The molecule has 2 rings (SSSR count). The summed E-state index contributed by atoms with van der Waals surface area (Å²) >= 11 is 1.58. The van der Waals surface area contributed by atoms with Crippen molar-refractivity contribution in [2.24, 2.45) is 7.05 Å². The van der Waals surface area contributed by atoms with Crippen LogP contribution in [0.2, 0.25) is 0 Å². The maximum atomic E-state index is 11.8. The highest BCUT2D eigenvalue weighted by molar-refractivity contribution is 7.11. The summed E-state index contributed by atoms with van der Waals surface area (Å²) in [6.07, 6.45) is 2.75. The van der Waals surface area contributed by atoms with Gasteiger partial charge in [-0.3, -0.25) is 14.3 Å². The molecule has 0 radical (unpaired) electrons. The second-order valence-electron chi connectivity index (χ2n) is 4.46. The summed E-state index contributed by atoms with van der Waals surface area (Å²) in [5, 5.41) is 3.89. The van der Waals surface area contributed by atoms with Crippen LogP contribution in [0.15, 0.2) is 15.8 Å². The molecule has 2 aromatic heterocycles. The van der Waals surface area contributed by atoms with E-state index in [-0.39, 0.29) is 17.5 Å². The summed E-state index contributed by atoms with van der Waals surface area (Å²) in [7, 11) is 1.50. The van der Waals surface area contributed by atoms with Crippen LogP contribution in [0.5, 0.6) is 0 Å². The van der Waals surface area contributed by atoms with E-state index in [1.165, 1.54) is 16.5 Å². The average molecular weight is 295 g/mol. The number of rotatable bonds is 4. The van der Waals surface area contributed by atoms with Crippen LogP contribution in [0.3, 0.4) is 0 Å². The first-order chi connectivity index (χ1) is 9.43. The van der Waals surface area contributed by atoms with Crippen molar-refractivity contribution in [1.29, 1.82) is 0 Å². The normalized spacial score (nSPS) is 12.3. The van der Waals surface area contributed by atoms with Gasteiger partial charge in [0.15, 0.2) is 0 Å². The molecule has 20 heavy (non-hydrogen) atoms. The number of aromatic amines is 1. The van der Waals surface area contributed by atoms with Gasteiger partial charge in [-0.1, -0.05) is 6.92 Å². The van der Waals surface area contributed by atoms with E-state index in [1.807, 2.05) is 13.1 Å². The van der Waals surface area contributed by atoms with Crippen LogP contribution in [-0.4, -0.2) is 14.5 Å². The first-order valence-corrected chi connectivity index (χ1v) is 7.05. The number of aromatic nitrogens is 3. The lowest BCUT2D eigenvalue weighted by atomic mass is 10.3. The van der Waals surface area contributed by atoms with Crippen molar-refractivity contribution in [2.45, 2.75) is 26.3 Å². The van der Waals surface area contributed by atoms with E-state index in [4.69, 9.17) is 5.73 Å². The van der Waals surface area contributed by atoms with E-state index < -0.39 is 11.2 Å². The molecule has 0 spiro atoms. The highest BCUT2D eigenvalue weighted by atomic mass is 32.1. The lowest BCUT2D eigenvalue weighted by Gasteiger charge is -2.15. The van der Waals surface area contributed by atoms with Gasteiger partial charge in [-0.15, -0.1) is 11.3 Å². The minimum absolute atomic E-state index is 0.109. The average Bonchev–Trinajstić information content (AvgIpc) is 2.90. The first kappa shape index (κ1) is 14.3. The number of aryl methyl sites for hydroxylation is 1. The molecule has 0 bridgehead atoms. The summed E-state index contributed by atoms with van der Waals surface area (Å²) in [6, 6.07) is -0.166. The highest BCUT2D eigenvalue weighted by Crippen LogP contribution is 2.24. The van der Waals surface area contributed by atoms with Crippen molar-refractivity contribution >= 4 is 22.8 Å². The summed E-state index contributed by atoms with van der Waals surface area (Å²) in [5.74, 6) is 0.109. The Balaban J connectivity index is 2.32. The lowest BCUT2D eigenvalue weighted by molar-refractivity contribution is 0.799. The maximum Gasteiger partial charge on any atom is 0.329 e. The Bertz CT molecular complexity index is 730. The lowest BCUT2D eigenvalue weighted by Crippen LogP contribution is -2.32. The second-order valence-corrected chi connectivity index (χ2v) is 5.61. The molecule has 1 atom stereocenters. The number of H-pyrrole nitrogens is 1. The van der Waals surface area contributed by atoms with Gasteiger partial charge >= 0.3 is 5.69 Å². The Hall–Kier alpha value is -2.09. The maximum absolute atomic E-state index is 11.8. The molecule has 0 fully saturated rings. The largest absolute Gasteiger partial charge is 0.383 e. The first-order valence-electron chi connectivity index (χ1n) is 6.24. The summed E-state index contributed by atoms with van der Waals surface area (Å²) in [4.78, 5) is 30.9. The van der Waals surface area contributed by atoms with Crippen molar-refractivity contribution in [1.82, 2.24) is 14.5 Å². The molecule has 0 saturated carbocycles. The monoisotopic (exact) mass is 295 g/mol. The summed E-state index contributed by atoms with van der Waals surface area (Å²) in [5.41, 5.74) is 4.94. The zero-order valence-corrected chi connectivity index (χ0v) is 12.4. The van der Waals surface area contributed by atoms with Gasteiger partial charge in [0.05, 0.1) is 6.04 Å². The quantitative estimate of drug-likeness (QED) is 0.775. The van der Waals surface area contributed by atoms with Gasteiger partial charge in [-0.25, -0.2) is 9.78 Å². The second kappa shape index (κ2) is 5.49. The zero-order chi connectivity index (χ0) is 14.9. The predicted octanol–water partition coefficient (Wildman–Crippen LogP) is 0.848. The zero-order valence-electron chi connectivity index (χ0n) is 11.6. The molecule has 0 saturated heterocycles. The van der Waals surface area contributed by atoms with Crippen LogP contribution in [0.4, 0.5) is 11.5 Å². The Kier molecular flexibility index (Phi) is 3.93. The van der Waals surface area contributed by atoms with Gasteiger partial charge in [0.1, 0.15) is 16.5 Å². The predicted molar refractivity (Wildman–Crippen MR) is 80.2 cm³/mol. The van der Waals surface area contributed by atoms with Gasteiger partial charge in [-0.05, 0) is 13.3 Å². The van der Waals surface area contributed by atoms with Crippen molar-refractivity contribution in [3.05, 3.63) is 36.9 Å². The third-order valence-electron chi connectivity index (χ3n) is 3.02. The molecule has 0 amide bonds. The third kappa shape index (κ3) is 2.60. The topological polar surface area (TPSA) is 106 Å². The smallest absolute Gasteiger partial charge is 0.329 e. The third-order valence-corrected chi connectivity index (χ3v) is 4.35. The molecule has 0 aliphatic carbocycles. The molecule has 4 N–H and O–H groups in total. The van der Waals surface area contributed by atoms with Gasteiger partial charge < -0.3 is 11.1 Å². The molecule has 1 unspecified atom stereocenters. The standard InChI is InChI=1S/C12H17N5O2S/c1-4-7-5-14-11(20-7)6(2)15-8-9(13)17(3)12(19)16-10(8)18/h5-6,15H,4,13H2,1-3H3,(H,16,18,19). The van der Waals surface area contributed by atoms with E-state index in [9.17, 15) is 9.59 Å². The fourth-order valence-corrected chi connectivity index (χ4v) is 2.60. The van der Waals surface area contributed by atoms with E-state index in [0.717, 1.165) is 11.4 Å². The molecule has 0 aromatic carbocycles. The number of anilines is 2. The number of nitrogens with zero attached hydrogens (tertiary/aromatic N) is 2. The number of hydrogen-bond acceptors (Lipinski definition) is 6. The Morgan fingerprint density at radius 2 is 2.25 bits per heavy atom. The molecule has 108 valence electrons. The van der Waals surface area contributed by atoms with Crippen molar-refractivity contribution in [3.8, 4) is 0 Å². The van der Waals surface area contributed by atoms with Gasteiger partial charge in [0, 0.05) is 18.1 Å². The molecule has 2 aromatic rings. The van der Waals surface area contributed by atoms with Crippen LogP contribution in [-0.2, 0) is 13.5 Å².